The molecule has 2 aromatic rings. The predicted octanol–water partition coefficient (Wildman–Crippen LogP) is 5.38. The smallest absolute Gasteiger partial charge is 0.362 e. The van der Waals surface area contributed by atoms with Crippen molar-refractivity contribution in [3.8, 4) is 0 Å². The molecule has 0 aliphatic rings. The maximum Gasteiger partial charge on any atom is 0.416 e. The van der Waals surface area contributed by atoms with Crippen LogP contribution in [-0.4, -0.2) is 4.98 Å². The van der Waals surface area contributed by atoms with Crippen LogP contribution in [0.25, 0.3) is 0 Å². The Morgan fingerprint density at radius 3 is 2.70 bits per heavy atom. The monoisotopic (exact) mass is 320 g/mol. The molecule has 2 heterocycles. The topological polar surface area (TPSA) is 24.9 Å². The molecule has 2 rings (SSSR count). The van der Waals surface area contributed by atoms with E-state index in [1.165, 1.54) is 0 Å². The highest BCUT2D eigenvalue weighted by molar-refractivity contribution is 7.10. The maximum absolute atomic E-state index is 12.7. The first-order valence-corrected chi connectivity index (χ1v) is 7.20. The zero-order chi connectivity index (χ0) is 14.8. The lowest BCUT2D eigenvalue weighted by Gasteiger charge is -2.17. The standard InChI is InChI=1S/C13H12ClF3N2S/c1-2-9(10-4-3-5-20-10)18-12-7-8(13(15,16)17)6-11(14)19-12/h3-7,9H,2H2,1H3,(H,18,19). The van der Waals surface area contributed by atoms with E-state index in [0.717, 1.165) is 23.4 Å². The van der Waals surface area contributed by atoms with E-state index in [4.69, 9.17) is 11.6 Å². The molecule has 20 heavy (non-hydrogen) atoms. The van der Waals surface area contributed by atoms with Gasteiger partial charge in [-0.05, 0) is 30.0 Å². The third-order valence-corrected chi connectivity index (χ3v) is 3.92. The Kier molecular flexibility index (Phi) is 4.55. The Morgan fingerprint density at radius 1 is 1.40 bits per heavy atom. The van der Waals surface area contributed by atoms with Crippen LogP contribution in [0.5, 0.6) is 0 Å². The van der Waals surface area contributed by atoms with Gasteiger partial charge < -0.3 is 5.32 Å². The van der Waals surface area contributed by atoms with Gasteiger partial charge in [-0.25, -0.2) is 4.98 Å². The molecule has 7 heteroatoms. The molecule has 0 amide bonds. The number of hydrogen-bond acceptors (Lipinski definition) is 3. The van der Waals surface area contributed by atoms with Crippen molar-refractivity contribution in [3.63, 3.8) is 0 Å². The van der Waals surface area contributed by atoms with Crippen LogP contribution in [-0.2, 0) is 6.18 Å². The third kappa shape index (κ3) is 3.64. The summed E-state index contributed by atoms with van der Waals surface area (Å²) in [5, 5.41) is 4.74. The first-order chi connectivity index (χ1) is 9.40. The Hall–Kier alpha value is -1.27. The molecular formula is C13H12ClF3N2S. The average Bonchev–Trinajstić information content (AvgIpc) is 2.88. The summed E-state index contributed by atoms with van der Waals surface area (Å²) in [6.45, 7) is 1.95. The second-order valence-corrected chi connectivity index (χ2v) is 5.55. The highest BCUT2D eigenvalue weighted by Gasteiger charge is 2.31. The van der Waals surface area contributed by atoms with Gasteiger partial charge in [0.05, 0.1) is 11.6 Å². The van der Waals surface area contributed by atoms with Crippen molar-refractivity contribution < 1.29 is 13.2 Å². The number of thiophene rings is 1. The second kappa shape index (κ2) is 6.01. The average molecular weight is 321 g/mol. The van der Waals surface area contributed by atoms with Crippen LogP contribution in [0.2, 0.25) is 5.15 Å². The fraction of sp³-hybridized carbons (Fsp3) is 0.308. The number of pyridine rings is 1. The van der Waals surface area contributed by atoms with E-state index >= 15 is 0 Å². The minimum atomic E-state index is -4.44. The van der Waals surface area contributed by atoms with Crippen molar-refractivity contribution in [2.75, 3.05) is 5.32 Å². The van der Waals surface area contributed by atoms with Gasteiger partial charge in [0.1, 0.15) is 11.0 Å². The Labute approximate surface area is 123 Å². The highest BCUT2D eigenvalue weighted by Crippen LogP contribution is 2.33. The van der Waals surface area contributed by atoms with Gasteiger partial charge >= 0.3 is 6.18 Å². The molecule has 2 nitrogen and oxygen atoms in total. The van der Waals surface area contributed by atoms with Gasteiger partial charge in [-0.15, -0.1) is 11.3 Å². The van der Waals surface area contributed by atoms with Crippen molar-refractivity contribution in [1.29, 1.82) is 0 Å². The lowest BCUT2D eigenvalue weighted by molar-refractivity contribution is -0.137. The lowest BCUT2D eigenvalue weighted by atomic mass is 10.2. The molecule has 1 N–H and O–H groups in total. The summed E-state index contributed by atoms with van der Waals surface area (Å²) in [4.78, 5) is 4.95. The molecule has 0 radical (unpaired) electrons. The summed E-state index contributed by atoms with van der Waals surface area (Å²) in [5.41, 5.74) is -0.805. The van der Waals surface area contributed by atoms with E-state index < -0.39 is 11.7 Å². The number of aromatic nitrogens is 1. The van der Waals surface area contributed by atoms with E-state index in [1.807, 2.05) is 24.4 Å². The summed E-state index contributed by atoms with van der Waals surface area (Å²) >= 11 is 7.20. The van der Waals surface area contributed by atoms with Crippen LogP contribution in [0.15, 0.2) is 29.6 Å². The van der Waals surface area contributed by atoms with Gasteiger partial charge in [-0.2, -0.15) is 13.2 Å². The minimum Gasteiger partial charge on any atom is -0.362 e. The minimum absolute atomic E-state index is 0.0814. The van der Waals surface area contributed by atoms with E-state index in [0.29, 0.717) is 0 Å². The molecule has 0 aliphatic carbocycles. The van der Waals surface area contributed by atoms with Gasteiger partial charge in [0.2, 0.25) is 0 Å². The van der Waals surface area contributed by atoms with Gasteiger partial charge in [-0.3, -0.25) is 0 Å². The van der Waals surface area contributed by atoms with E-state index in [-0.39, 0.29) is 17.0 Å². The van der Waals surface area contributed by atoms with Crippen LogP contribution in [0.1, 0.15) is 29.8 Å². The Morgan fingerprint density at radius 2 is 2.15 bits per heavy atom. The molecule has 108 valence electrons. The van der Waals surface area contributed by atoms with Crippen molar-refractivity contribution in [3.05, 3.63) is 45.2 Å². The largest absolute Gasteiger partial charge is 0.416 e. The van der Waals surface area contributed by atoms with Crippen LogP contribution >= 0.6 is 22.9 Å². The van der Waals surface area contributed by atoms with Crippen LogP contribution in [0, 0.1) is 0 Å². The molecule has 0 saturated carbocycles. The Balaban J connectivity index is 2.27. The summed E-state index contributed by atoms with van der Waals surface area (Å²) in [6, 6.07) is 5.54. The number of alkyl halides is 3. The molecule has 0 saturated heterocycles. The molecule has 0 spiro atoms. The molecule has 0 bridgehead atoms. The summed E-state index contributed by atoms with van der Waals surface area (Å²) < 4.78 is 38.2. The number of hydrogen-bond donors (Lipinski definition) is 1. The third-order valence-electron chi connectivity index (χ3n) is 2.74. The number of nitrogens with zero attached hydrogens (tertiary/aromatic N) is 1. The number of nitrogens with one attached hydrogen (secondary N) is 1. The zero-order valence-corrected chi connectivity index (χ0v) is 12.1. The zero-order valence-electron chi connectivity index (χ0n) is 10.5. The second-order valence-electron chi connectivity index (χ2n) is 4.18. The maximum atomic E-state index is 12.7. The number of halogens is 4. The molecule has 2 aromatic heterocycles. The highest BCUT2D eigenvalue weighted by atomic mass is 35.5. The Bertz CT molecular complexity index is 569. The van der Waals surface area contributed by atoms with Gasteiger partial charge in [0.25, 0.3) is 0 Å². The van der Waals surface area contributed by atoms with Crippen LogP contribution < -0.4 is 5.32 Å². The van der Waals surface area contributed by atoms with Gasteiger partial charge in [0.15, 0.2) is 0 Å². The summed E-state index contributed by atoms with van der Waals surface area (Å²) in [6.07, 6.45) is -3.70. The van der Waals surface area contributed by atoms with Crippen LogP contribution in [0.3, 0.4) is 0 Å². The van der Waals surface area contributed by atoms with Crippen molar-refractivity contribution in [1.82, 2.24) is 4.98 Å². The van der Waals surface area contributed by atoms with E-state index in [2.05, 4.69) is 10.3 Å². The number of rotatable bonds is 4. The summed E-state index contributed by atoms with van der Waals surface area (Å²) in [7, 11) is 0. The SMILES string of the molecule is CCC(Nc1cc(C(F)(F)F)cc(Cl)n1)c1cccs1. The predicted molar refractivity (Wildman–Crippen MR) is 75.2 cm³/mol. The first kappa shape index (κ1) is 15.1. The molecule has 0 aromatic carbocycles. The van der Waals surface area contributed by atoms with Gasteiger partial charge in [-0.1, -0.05) is 24.6 Å². The normalized spacial score (nSPS) is 13.2. The molecule has 0 fully saturated rings. The fourth-order valence-electron chi connectivity index (χ4n) is 1.78. The summed E-state index contributed by atoms with van der Waals surface area (Å²) in [5.74, 6) is 0.130. The quantitative estimate of drug-likeness (QED) is 0.765. The van der Waals surface area contributed by atoms with Crippen LogP contribution in [0.4, 0.5) is 19.0 Å². The van der Waals surface area contributed by atoms with Gasteiger partial charge in [0, 0.05) is 4.88 Å². The molecule has 0 aliphatic heterocycles. The fourth-order valence-corrected chi connectivity index (χ4v) is 2.85. The van der Waals surface area contributed by atoms with Crippen molar-refractivity contribution in [2.45, 2.75) is 25.6 Å². The van der Waals surface area contributed by atoms with Crippen molar-refractivity contribution >= 4 is 28.8 Å². The van der Waals surface area contributed by atoms with Crippen molar-refractivity contribution in [2.24, 2.45) is 0 Å². The number of anilines is 1. The molecule has 1 atom stereocenters. The lowest BCUT2D eigenvalue weighted by Crippen LogP contribution is -2.12. The molecular weight excluding hydrogens is 309 g/mol. The first-order valence-electron chi connectivity index (χ1n) is 5.95. The van der Waals surface area contributed by atoms with E-state index in [9.17, 15) is 13.2 Å². The van der Waals surface area contributed by atoms with E-state index in [1.54, 1.807) is 11.3 Å². The molecule has 1 unspecified atom stereocenters.